The zero-order valence-electron chi connectivity index (χ0n) is 18.7. The molecule has 3 aromatic heterocycles. The molecule has 0 fully saturated rings. The lowest BCUT2D eigenvalue weighted by Crippen LogP contribution is -2.15. The summed E-state index contributed by atoms with van der Waals surface area (Å²) in [6, 6.07) is 10.5. The number of aryl methyl sites for hydroxylation is 1. The number of halogens is 2. The molecule has 5 aromatic rings. The van der Waals surface area contributed by atoms with Crippen LogP contribution in [-0.2, 0) is 7.05 Å². The second-order valence-corrected chi connectivity index (χ2v) is 7.59. The predicted octanol–water partition coefficient (Wildman–Crippen LogP) is 4.63. The van der Waals surface area contributed by atoms with E-state index >= 15 is 0 Å². The zero-order chi connectivity index (χ0) is 24.5. The molecule has 174 valence electrons. The highest BCUT2D eigenvalue weighted by Gasteiger charge is 2.21. The first kappa shape index (κ1) is 22.1. The van der Waals surface area contributed by atoms with Crippen molar-refractivity contribution in [3.63, 3.8) is 0 Å². The van der Waals surface area contributed by atoms with Gasteiger partial charge in [-0.05, 0) is 24.3 Å². The van der Waals surface area contributed by atoms with Gasteiger partial charge in [0.15, 0.2) is 11.6 Å². The van der Waals surface area contributed by atoms with Crippen LogP contribution in [0.3, 0.4) is 0 Å². The predicted molar refractivity (Wildman–Crippen MR) is 126 cm³/mol. The van der Waals surface area contributed by atoms with Crippen molar-refractivity contribution in [1.82, 2.24) is 24.7 Å². The number of fused-ring (bicyclic) bond motifs is 1. The van der Waals surface area contributed by atoms with Crippen LogP contribution < -0.4 is 10.1 Å². The van der Waals surface area contributed by atoms with Crippen molar-refractivity contribution in [2.24, 2.45) is 7.05 Å². The van der Waals surface area contributed by atoms with Gasteiger partial charge >= 0.3 is 0 Å². The summed E-state index contributed by atoms with van der Waals surface area (Å²) in [6.07, 6.45) is 6.10. The van der Waals surface area contributed by atoms with Crippen molar-refractivity contribution in [2.75, 3.05) is 12.4 Å². The number of ether oxygens (including phenoxy) is 1. The number of nitrogens with zero attached hydrogens (tertiary/aromatic N) is 5. The van der Waals surface area contributed by atoms with Crippen molar-refractivity contribution < 1.29 is 18.3 Å². The minimum Gasteiger partial charge on any atom is -0.496 e. The Hall–Kier alpha value is -4.73. The molecule has 0 aliphatic heterocycles. The quantitative estimate of drug-likeness (QED) is 0.401. The number of rotatable bonds is 5. The van der Waals surface area contributed by atoms with Crippen molar-refractivity contribution >= 4 is 22.5 Å². The first-order valence-corrected chi connectivity index (χ1v) is 10.5. The molecule has 8 nitrogen and oxygen atoms in total. The van der Waals surface area contributed by atoms with Crippen LogP contribution in [0.1, 0.15) is 10.5 Å². The van der Waals surface area contributed by atoms with E-state index in [9.17, 15) is 13.6 Å². The summed E-state index contributed by atoms with van der Waals surface area (Å²) in [5.74, 6) is -1.57. The summed E-state index contributed by atoms with van der Waals surface area (Å²) in [6.45, 7) is 0. The standard InChI is InChI=1S/C25H18F2N6O2/c1-33-23-15(13-30-33)21(14-5-4-9-28-12-14)19(11-17(23)27)32-25(34)18-8-10-29-24(31-18)22-16(26)6-3-7-20(22)35-2/h3-13H,1-2H3,(H,32,34). The largest absolute Gasteiger partial charge is 0.496 e. The van der Waals surface area contributed by atoms with Crippen molar-refractivity contribution in [3.05, 3.63) is 84.6 Å². The highest BCUT2D eigenvalue weighted by atomic mass is 19.1. The van der Waals surface area contributed by atoms with Gasteiger partial charge in [-0.3, -0.25) is 14.5 Å². The van der Waals surface area contributed by atoms with E-state index in [1.807, 2.05) is 0 Å². The van der Waals surface area contributed by atoms with Gasteiger partial charge < -0.3 is 10.1 Å². The fraction of sp³-hybridized carbons (Fsp3) is 0.0800. The number of hydrogen-bond donors (Lipinski definition) is 1. The number of carbonyl (C=O) groups excluding carboxylic acids is 1. The van der Waals surface area contributed by atoms with Crippen LogP contribution in [0, 0.1) is 11.6 Å². The average Bonchev–Trinajstić information content (AvgIpc) is 3.26. The van der Waals surface area contributed by atoms with E-state index in [1.54, 1.807) is 37.6 Å². The highest BCUT2D eigenvalue weighted by Crippen LogP contribution is 2.37. The molecule has 1 N–H and O–H groups in total. The SMILES string of the molecule is COc1cccc(F)c1-c1nccc(C(=O)Nc2cc(F)c3c(cnn3C)c2-c2cccnc2)n1. The van der Waals surface area contributed by atoms with Gasteiger partial charge in [-0.1, -0.05) is 12.1 Å². The van der Waals surface area contributed by atoms with Gasteiger partial charge in [-0.25, -0.2) is 18.7 Å². The molecular weight excluding hydrogens is 454 g/mol. The van der Waals surface area contributed by atoms with Crippen LogP contribution in [0.25, 0.3) is 33.4 Å². The number of nitrogens with one attached hydrogen (secondary N) is 1. The van der Waals surface area contributed by atoms with Gasteiger partial charge in [-0.2, -0.15) is 5.10 Å². The molecule has 0 radical (unpaired) electrons. The second kappa shape index (κ2) is 8.90. The number of carbonyl (C=O) groups is 1. The number of aromatic nitrogens is 5. The van der Waals surface area contributed by atoms with E-state index in [-0.39, 0.29) is 34.0 Å². The molecule has 0 bridgehead atoms. The molecule has 3 heterocycles. The molecule has 0 spiro atoms. The first-order chi connectivity index (χ1) is 17.0. The molecule has 0 atom stereocenters. The third kappa shape index (κ3) is 3.95. The maximum Gasteiger partial charge on any atom is 0.274 e. The zero-order valence-corrected chi connectivity index (χ0v) is 18.7. The van der Waals surface area contributed by atoms with E-state index in [0.29, 0.717) is 16.5 Å². The summed E-state index contributed by atoms with van der Waals surface area (Å²) in [4.78, 5) is 25.7. The van der Waals surface area contributed by atoms with Crippen LogP contribution in [0.15, 0.2) is 67.3 Å². The monoisotopic (exact) mass is 472 g/mol. The molecule has 0 unspecified atom stereocenters. The molecule has 0 saturated heterocycles. The average molecular weight is 472 g/mol. The second-order valence-electron chi connectivity index (χ2n) is 7.59. The molecule has 1 amide bonds. The van der Waals surface area contributed by atoms with Gasteiger partial charge in [-0.15, -0.1) is 0 Å². The van der Waals surface area contributed by atoms with Crippen molar-refractivity contribution in [3.8, 4) is 28.3 Å². The first-order valence-electron chi connectivity index (χ1n) is 10.5. The van der Waals surface area contributed by atoms with Crippen LogP contribution >= 0.6 is 0 Å². The smallest absolute Gasteiger partial charge is 0.274 e. The van der Waals surface area contributed by atoms with E-state index in [1.165, 1.54) is 48.5 Å². The molecule has 0 aliphatic carbocycles. The Morgan fingerprint density at radius 3 is 2.66 bits per heavy atom. The summed E-state index contributed by atoms with van der Waals surface area (Å²) in [5.41, 5.74) is 1.72. The van der Waals surface area contributed by atoms with E-state index < -0.39 is 17.5 Å². The van der Waals surface area contributed by atoms with Gasteiger partial charge in [0.2, 0.25) is 0 Å². The Morgan fingerprint density at radius 1 is 1.03 bits per heavy atom. The Bertz CT molecular complexity index is 1570. The molecule has 5 rings (SSSR count). The van der Waals surface area contributed by atoms with Crippen LogP contribution in [0.4, 0.5) is 14.5 Å². The Morgan fingerprint density at radius 2 is 1.89 bits per heavy atom. The van der Waals surface area contributed by atoms with Crippen molar-refractivity contribution in [1.29, 1.82) is 0 Å². The van der Waals surface area contributed by atoms with Gasteiger partial charge in [0.25, 0.3) is 5.91 Å². The maximum absolute atomic E-state index is 15.0. The third-order valence-corrected chi connectivity index (χ3v) is 5.48. The lowest BCUT2D eigenvalue weighted by atomic mass is 10.0. The Labute approximate surface area is 198 Å². The van der Waals surface area contributed by atoms with Crippen LogP contribution in [0.2, 0.25) is 0 Å². The number of amides is 1. The Balaban J connectivity index is 1.58. The van der Waals surface area contributed by atoms with Gasteiger partial charge in [0.1, 0.15) is 22.8 Å². The third-order valence-electron chi connectivity index (χ3n) is 5.48. The van der Waals surface area contributed by atoms with E-state index in [4.69, 9.17) is 4.74 Å². The summed E-state index contributed by atoms with van der Waals surface area (Å²) in [5, 5.41) is 7.41. The van der Waals surface area contributed by atoms with Gasteiger partial charge in [0, 0.05) is 48.2 Å². The number of anilines is 1. The van der Waals surface area contributed by atoms with E-state index in [0.717, 1.165) is 0 Å². The summed E-state index contributed by atoms with van der Waals surface area (Å²) in [7, 11) is 3.04. The fourth-order valence-electron chi connectivity index (χ4n) is 3.92. The maximum atomic E-state index is 15.0. The fourth-order valence-corrected chi connectivity index (χ4v) is 3.92. The number of methoxy groups -OCH3 is 1. The van der Waals surface area contributed by atoms with Gasteiger partial charge in [0.05, 0.1) is 24.6 Å². The molecule has 10 heteroatoms. The normalized spacial score (nSPS) is 11.0. The number of hydrogen-bond acceptors (Lipinski definition) is 6. The Kier molecular flexibility index (Phi) is 5.61. The minimum atomic E-state index is -0.628. The lowest BCUT2D eigenvalue weighted by molar-refractivity contribution is 0.102. The molecule has 0 saturated carbocycles. The summed E-state index contributed by atoms with van der Waals surface area (Å²) < 4.78 is 36.2. The van der Waals surface area contributed by atoms with Crippen LogP contribution in [0.5, 0.6) is 5.75 Å². The van der Waals surface area contributed by atoms with E-state index in [2.05, 4.69) is 25.4 Å². The number of pyridine rings is 1. The summed E-state index contributed by atoms with van der Waals surface area (Å²) >= 11 is 0. The molecule has 35 heavy (non-hydrogen) atoms. The molecule has 0 aliphatic rings. The molecular formula is C25H18F2N6O2. The number of benzene rings is 2. The highest BCUT2D eigenvalue weighted by molar-refractivity contribution is 6.10. The lowest BCUT2D eigenvalue weighted by Gasteiger charge is -2.14. The van der Waals surface area contributed by atoms with Crippen LogP contribution in [-0.4, -0.2) is 37.7 Å². The molecule has 2 aromatic carbocycles. The minimum absolute atomic E-state index is 0.0195. The topological polar surface area (TPSA) is 94.8 Å². The van der Waals surface area contributed by atoms with Crippen molar-refractivity contribution in [2.45, 2.75) is 0 Å².